The van der Waals surface area contributed by atoms with Crippen LogP contribution in [0.15, 0.2) is 0 Å². The number of methoxy groups -OCH3 is 1. The topological polar surface area (TPSA) is 149 Å². The van der Waals surface area contributed by atoms with Crippen molar-refractivity contribution in [3.8, 4) is 0 Å². The second-order valence-electron chi connectivity index (χ2n) is 22.1. The highest BCUT2D eigenvalue weighted by Crippen LogP contribution is 2.42. The van der Waals surface area contributed by atoms with Gasteiger partial charge in [-0.1, -0.05) is 35.1 Å². The predicted octanol–water partition coefficient (Wildman–Crippen LogP) is 6.59. The van der Waals surface area contributed by atoms with E-state index in [0.717, 1.165) is 0 Å². The van der Waals surface area contributed by atoms with Gasteiger partial charge in [-0.15, -0.1) is 0 Å². The maximum Gasteiger partial charge on any atom is 0.310 e. The summed E-state index contributed by atoms with van der Waals surface area (Å²) in [6.45, 7) is 27.8. The molecule has 4 fully saturated rings. The van der Waals surface area contributed by atoms with E-state index in [0.29, 0.717) is 58.7 Å². The zero-order valence-electron chi connectivity index (χ0n) is 39.2. The van der Waals surface area contributed by atoms with Crippen molar-refractivity contribution in [2.75, 3.05) is 60.8 Å². The molecule has 2 atom stereocenters. The SMILES string of the molecule is C.COCC(C)(C)C1OCC2(CO1)COC(C(C)(C)COC(=O)CC(C(=O)OC1CC(C)(C)N(C)C(C)(C)C1)C(CC(C)=O)C(=O)OC1CC(C)(C)N(C)C(C)(C)C1)OC2. The lowest BCUT2D eigenvalue weighted by Gasteiger charge is -2.53. The van der Waals surface area contributed by atoms with Crippen molar-refractivity contribution in [1.29, 1.82) is 0 Å². The number of likely N-dealkylation sites (tertiary alicyclic amines) is 2. The van der Waals surface area contributed by atoms with Gasteiger partial charge in [0.1, 0.15) is 24.6 Å². The Morgan fingerprint density at radius 1 is 0.617 bits per heavy atom. The van der Waals surface area contributed by atoms with Crippen molar-refractivity contribution < 1.29 is 57.1 Å². The van der Waals surface area contributed by atoms with Crippen molar-refractivity contribution in [3.05, 3.63) is 0 Å². The molecule has 1 spiro atoms. The minimum Gasteiger partial charge on any atom is -0.465 e. The first-order chi connectivity index (χ1) is 27.0. The molecule has 4 rings (SSSR count). The minimum atomic E-state index is -1.31. The van der Waals surface area contributed by atoms with E-state index in [4.69, 9.17) is 37.9 Å². The molecule has 0 aromatic heterocycles. The van der Waals surface area contributed by atoms with E-state index in [1.807, 2.05) is 27.7 Å². The Labute approximate surface area is 361 Å². The molecule has 4 aliphatic rings. The Balaban J connectivity index is 0.00000961. The molecule has 60 heavy (non-hydrogen) atoms. The number of carbonyl (C=O) groups is 4. The average molecular weight is 855 g/mol. The normalized spacial score (nSPS) is 28.5. The Morgan fingerprint density at radius 3 is 1.28 bits per heavy atom. The summed E-state index contributed by atoms with van der Waals surface area (Å²) in [5.41, 5.74) is -2.73. The van der Waals surface area contributed by atoms with Crippen LogP contribution in [0, 0.1) is 28.1 Å². The van der Waals surface area contributed by atoms with E-state index < -0.39 is 71.8 Å². The minimum absolute atomic E-state index is 0. The maximum absolute atomic E-state index is 14.4. The lowest BCUT2D eigenvalue weighted by Crippen LogP contribution is -2.60. The number of hydrogen-bond donors (Lipinski definition) is 0. The van der Waals surface area contributed by atoms with Gasteiger partial charge in [-0.2, -0.15) is 0 Å². The van der Waals surface area contributed by atoms with Gasteiger partial charge in [-0.3, -0.25) is 24.2 Å². The van der Waals surface area contributed by atoms with E-state index in [1.165, 1.54) is 6.92 Å². The fourth-order valence-electron chi connectivity index (χ4n) is 9.59. The maximum atomic E-state index is 14.4. The predicted molar refractivity (Wildman–Crippen MR) is 228 cm³/mol. The quantitative estimate of drug-likeness (QED) is 0.129. The summed E-state index contributed by atoms with van der Waals surface area (Å²) < 4.78 is 48.3. The zero-order valence-corrected chi connectivity index (χ0v) is 39.2. The number of ether oxygens (including phenoxy) is 8. The third-order valence-corrected chi connectivity index (χ3v) is 13.7. The third kappa shape index (κ3) is 12.5. The van der Waals surface area contributed by atoms with Crippen molar-refractivity contribution in [3.63, 3.8) is 0 Å². The summed E-state index contributed by atoms with van der Waals surface area (Å²) in [6.07, 6.45) is -0.576. The highest BCUT2D eigenvalue weighted by molar-refractivity contribution is 5.89. The van der Waals surface area contributed by atoms with Gasteiger partial charge >= 0.3 is 17.9 Å². The molecule has 14 heteroatoms. The Hall–Kier alpha value is -2.20. The summed E-state index contributed by atoms with van der Waals surface area (Å²) in [5, 5.41) is 0. The van der Waals surface area contributed by atoms with Crippen LogP contribution < -0.4 is 0 Å². The summed E-state index contributed by atoms with van der Waals surface area (Å²) in [4.78, 5) is 59.8. The van der Waals surface area contributed by atoms with Gasteiger partial charge in [0.2, 0.25) is 0 Å². The number of esters is 3. The largest absolute Gasteiger partial charge is 0.465 e. The Bertz CT molecular complexity index is 1450. The van der Waals surface area contributed by atoms with Crippen LogP contribution in [0.25, 0.3) is 0 Å². The number of hydrogen-bond acceptors (Lipinski definition) is 14. The monoisotopic (exact) mass is 855 g/mol. The number of carbonyl (C=O) groups excluding carboxylic acids is 4. The molecule has 4 heterocycles. The van der Waals surface area contributed by atoms with Crippen molar-refractivity contribution in [1.82, 2.24) is 9.80 Å². The van der Waals surface area contributed by atoms with Crippen molar-refractivity contribution in [2.24, 2.45) is 28.1 Å². The van der Waals surface area contributed by atoms with Gasteiger partial charge < -0.3 is 42.7 Å². The number of Topliss-reactive ketones (excluding diaryl/α,β-unsaturated/α-hetero) is 1. The highest BCUT2D eigenvalue weighted by Gasteiger charge is 2.50. The molecule has 0 saturated carbocycles. The van der Waals surface area contributed by atoms with Crippen LogP contribution in [-0.4, -0.2) is 141 Å². The van der Waals surface area contributed by atoms with Gasteiger partial charge in [-0.05, 0) is 76.4 Å². The second kappa shape index (κ2) is 19.3. The number of piperidine rings is 2. The fraction of sp³-hybridized carbons (Fsp3) is 0.913. The van der Waals surface area contributed by atoms with Crippen LogP contribution in [0.3, 0.4) is 0 Å². The number of nitrogens with zero attached hydrogens (tertiary/aromatic N) is 2. The van der Waals surface area contributed by atoms with Crippen LogP contribution in [0.1, 0.15) is 136 Å². The number of rotatable bonds is 15. The zero-order chi connectivity index (χ0) is 44.6. The third-order valence-electron chi connectivity index (χ3n) is 13.7. The number of ketones is 1. The van der Waals surface area contributed by atoms with Crippen molar-refractivity contribution in [2.45, 2.75) is 183 Å². The van der Waals surface area contributed by atoms with E-state index >= 15 is 0 Å². The van der Waals surface area contributed by atoms with E-state index in [2.05, 4.69) is 79.3 Å². The smallest absolute Gasteiger partial charge is 0.310 e. The first kappa shape index (κ1) is 52.1. The van der Waals surface area contributed by atoms with E-state index in [-0.39, 0.29) is 53.8 Å². The average Bonchev–Trinajstić information content (AvgIpc) is 3.10. The molecule has 0 aromatic rings. The fourth-order valence-corrected chi connectivity index (χ4v) is 9.59. The van der Waals surface area contributed by atoms with Crippen LogP contribution in [0.2, 0.25) is 0 Å². The van der Waals surface area contributed by atoms with Crippen LogP contribution in [0.4, 0.5) is 0 Å². The first-order valence-electron chi connectivity index (χ1n) is 21.5. The van der Waals surface area contributed by atoms with Crippen LogP contribution >= 0.6 is 0 Å². The molecule has 4 aliphatic heterocycles. The highest BCUT2D eigenvalue weighted by atomic mass is 16.7. The molecule has 0 amide bonds. The first-order valence-corrected chi connectivity index (χ1v) is 21.5. The van der Waals surface area contributed by atoms with Crippen LogP contribution in [0.5, 0.6) is 0 Å². The lowest BCUT2D eigenvalue weighted by molar-refractivity contribution is -0.337. The summed E-state index contributed by atoms with van der Waals surface area (Å²) in [7, 11) is 5.77. The van der Waals surface area contributed by atoms with Crippen molar-refractivity contribution >= 4 is 23.7 Å². The second-order valence-corrected chi connectivity index (χ2v) is 22.1. The van der Waals surface area contributed by atoms with Crippen LogP contribution in [-0.2, 0) is 57.1 Å². The van der Waals surface area contributed by atoms with E-state index in [1.54, 1.807) is 7.11 Å². The molecule has 348 valence electrons. The molecular formula is C46H82N2O12. The molecule has 4 saturated heterocycles. The Kier molecular flexibility index (Phi) is 16.7. The Morgan fingerprint density at radius 2 is 0.950 bits per heavy atom. The van der Waals surface area contributed by atoms with Gasteiger partial charge in [0.15, 0.2) is 12.6 Å². The molecule has 0 radical (unpaired) electrons. The van der Waals surface area contributed by atoms with Gasteiger partial charge in [0, 0.05) is 72.2 Å². The van der Waals surface area contributed by atoms with E-state index in [9.17, 15) is 19.2 Å². The summed E-state index contributed by atoms with van der Waals surface area (Å²) >= 11 is 0. The molecular weight excluding hydrogens is 773 g/mol. The summed E-state index contributed by atoms with van der Waals surface area (Å²) in [6, 6.07) is 0. The molecule has 0 N–H and O–H groups in total. The summed E-state index contributed by atoms with van der Waals surface area (Å²) in [5.74, 6) is -4.99. The van der Waals surface area contributed by atoms with Gasteiger partial charge in [0.05, 0.1) is 56.7 Å². The molecule has 0 aliphatic carbocycles. The molecule has 2 unspecified atom stereocenters. The van der Waals surface area contributed by atoms with Gasteiger partial charge in [0.25, 0.3) is 0 Å². The molecule has 0 bridgehead atoms. The lowest BCUT2D eigenvalue weighted by atomic mass is 9.78. The molecule has 0 aromatic carbocycles. The standard InChI is InChI=1S/C45H78N2O12.CH4/c1-29(48)17-32(35(50)58-30-19-41(6,7)46(14)42(8,9)20-30)33(36(51)59-31-21-43(10,11)47(15)44(12,13)22-31)18-34(49)53-24-40(4,5)38-56-27-45(28-57-38)25-54-37(55-26-45)39(2,3)23-52-16;/h30-33,37-38H,17-28H2,1-16H3;1H4. The van der Waals surface area contributed by atoms with Gasteiger partial charge in [-0.25, -0.2) is 0 Å². The molecule has 14 nitrogen and oxygen atoms in total.